The lowest BCUT2D eigenvalue weighted by atomic mass is 10.2. The minimum Gasteiger partial charge on any atom is -0.478 e. The first kappa shape index (κ1) is 16.7. The molecule has 1 aliphatic rings. The summed E-state index contributed by atoms with van der Waals surface area (Å²) in [6, 6.07) is 2.44. The van der Waals surface area contributed by atoms with E-state index in [1.54, 1.807) is 0 Å². The van der Waals surface area contributed by atoms with Crippen molar-refractivity contribution >= 4 is 43.5 Å². The van der Waals surface area contributed by atoms with E-state index in [4.69, 9.17) is 16.7 Å². The van der Waals surface area contributed by atoms with E-state index in [0.29, 0.717) is 13.1 Å². The molecule has 1 aromatic rings. The van der Waals surface area contributed by atoms with E-state index in [2.05, 4.69) is 15.9 Å². The molecule has 0 bridgehead atoms. The van der Waals surface area contributed by atoms with Gasteiger partial charge in [0.25, 0.3) is 0 Å². The zero-order valence-corrected chi connectivity index (χ0v) is 14.3. The molecule has 0 radical (unpaired) electrons. The molecule has 5 nitrogen and oxygen atoms in total. The van der Waals surface area contributed by atoms with Gasteiger partial charge >= 0.3 is 5.97 Å². The minimum atomic E-state index is -3.72. The molecule has 1 aliphatic heterocycles. The Morgan fingerprint density at radius 2 is 1.76 bits per heavy atom. The van der Waals surface area contributed by atoms with Gasteiger partial charge in [0.15, 0.2) is 0 Å². The van der Waals surface area contributed by atoms with Crippen molar-refractivity contribution in [3.8, 4) is 0 Å². The van der Waals surface area contributed by atoms with Gasteiger partial charge < -0.3 is 5.11 Å². The summed E-state index contributed by atoms with van der Waals surface area (Å²) in [5.74, 6) is -1.23. The number of carbonyl (C=O) groups is 1. The molecule has 0 unspecified atom stereocenters. The largest absolute Gasteiger partial charge is 0.478 e. The number of hydrogen-bond donors (Lipinski definition) is 1. The standard InChI is InChI=1S/C13H15BrClNO4S/c14-12-10(13(17)18)7-9(8-11(12)15)21(19,20)16-5-3-1-2-4-6-16/h7-8H,1-6H2,(H,17,18). The van der Waals surface area contributed by atoms with Crippen molar-refractivity contribution in [1.82, 2.24) is 4.31 Å². The molecule has 0 amide bonds. The Labute approximate surface area is 137 Å². The molecular weight excluding hydrogens is 382 g/mol. The van der Waals surface area contributed by atoms with Gasteiger partial charge in [0.05, 0.1) is 20.0 Å². The Morgan fingerprint density at radius 1 is 1.19 bits per heavy atom. The van der Waals surface area contributed by atoms with Gasteiger partial charge in [-0.25, -0.2) is 13.2 Å². The van der Waals surface area contributed by atoms with Crippen LogP contribution in [0.15, 0.2) is 21.5 Å². The van der Waals surface area contributed by atoms with Crippen molar-refractivity contribution in [1.29, 1.82) is 0 Å². The van der Waals surface area contributed by atoms with Gasteiger partial charge in [0.1, 0.15) is 0 Å². The molecule has 116 valence electrons. The number of benzene rings is 1. The van der Waals surface area contributed by atoms with Gasteiger partial charge in [-0.05, 0) is 40.9 Å². The van der Waals surface area contributed by atoms with Crippen molar-refractivity contribution in [2.45, 2.75) is 30.6 Å². The minimum absolute atomic E-state index is 0.0725. The van der Waals surface area contributed by atoms with Crippen molar-refractivity contribution in [2.24, 2.45) is 0 Å². The van der Waals surface area contributed by atoms with Crippen LogP contribution in [0.1, 0.15) is 36.0 Å². The second kappa shape index (κ2) is 6.64. The summed E-state index contributed by atoms with van der Waals surface area (Å²) in [5.41, 5.74) is -0.157. The fraction of sp³-hybridized carbons (Fsp3) is 0.462. The molecule has 1 aromatic carbocycles. The first-order valence-electron chi connectivity index (χ1n) is 6.56. The molecule has 1 saturated heterocycles. The molecule has 0 saturated carbocycles. The average molecular weight is 397 g/mol. The highest BCUT2D eigenvalue weighted by Crippen LogP contribution is 2.31. The fourth-order valence-electron chi connectivity index (χ4n) is 2.30. The molecule has 0 aromatic heterocycles. The fourth-order valence-corrected chi connectivity index (χ4v) is 4.55. The monoisotopic (exact) mass is 395 g/mol. The van der Waals surface area contributed by atoms with Crippen LogP contribution in [-0.4, -0.2) is 36.9 Å². The molecule has 8 heteroatoms. The average Bonchev–Trinajstić information content (AvgIpc) is 2.70. The summed E-state index contributed by atoms with van der Waals surface area (Å²) >= 11 is 9.02. The Balaban J connectivity index is 2.46. The zero-order chi connectivity index (χ0) is 15.6. The number of nitrogens with zero attached hydrogens (tertiary/aromatic N) is 1. The number of aromatic carboxylic acids is 1. The summed E-state index contributed by atoms with van der Waals surface area (Å²) in [5, 5.41) is 9.21. The summed E-state index contributed by atoms with van der Waals surface area (Å²) in [7, 11) is -3.72. The Morgan fingerprint density at radius 3 is 2.29 bits per heavy atom. The second-order valence-electron chi connectivity index (χ2n) is 4.89. The number of hydrogen-bond acceptors (Lipinski definition) is 3. The smallest absolute Gasteiger partial charge is 0.336 e. The zero-order valence-electron chi connectivity index (χ0n) is 11.2. The Hall–Kier alpha value is -0.630. The van der Waals surface area contributed by atoms with Crippen LogP contribution in [0.5, 0.6) is 0 Å². The van der Waals surface area contributed by atoms with E-state index in [0.717, 1.165) is 31.7 Å². The molecule has 1 N–H and O–H groups in total. The number of carboxylic acids is 1. The summed E-state index contributed by atoms with van der Waals surface area (Å²) < 4.78 is 26.9. The lowest BCUT2D eigenvalue weighted by Gasteiger charge is -2.20. The third kappa shape index (κ3) is 3.59. The number of carboxylic acid groups (broad SMARTS) is 1. The van der Waals surface area contributed by atoms with Crippen LogP contribution in [-0.2, 0) is 10.0 Å². The van der Waals surface area contributed by atoms with Crippen LogP contribution in [0.25, 0.3) is 0 Å². The quantitative estimate of drug-likeness (QED) is 0.850. The Bertz CT molecular complexity index is 654. The molecular formula is C13H15BrClNO4S. The van der Waals surface area contributed by atoms with Crippen molar-refractivity contribution < 1.29 is 18.3 Å². The van der Waals surface area contributed by atoms with Gasteiger partial charge in [-0.1, -0.05) is 24.4 Å². The van der Waals surface area contributed by atoms with Crippen LogP contribution < -0.4 is 0 Å². The molecule has 1 fully saturated rings. The molecule has 1 heterocycles. The predicted molar refractivity (Wildman–Crippen MR) is 83.3 cm³/mol. The highest BCUT2D eigenvalue weighted by molar-refractivity contribution is 9.10. The van der Waals surface area contributed by atoms with E-state index in [1.807, 2.05) is 0 Å². The summed E-state index contributed by atoms with van der Waals surface area (Å²) in [6.45, 7) is 0.914. The maximum atomic E-state index is 12.6. The molecule has 0 atom stereocenters. The third-order valence-corrected chi connectivity index (χ3v) is 6.69. The molecule has 21 heavy (non-hydrogen) atoms. The maximum Gasteiger partial charge on any atom is 0.336 e. The SMILES string of the molecule is O=C(O)c1cc(S(=O)(=O)N2CCCCCC2)cc(Cl)c1Br. The number of rotatable bonds is 3. The molecule has 2 rings (SSSR count). The van der Waals surface area contributed by atoms with Gasteiger partial charge in [-0.2, -0.15) is 4.31 Å². The van der Waals surface area contributed by atoms with Crippen molar-refractivity contribution in [3.05, 3.63) is 27.2 Å². The van der Waals surface area contributed by atoms with Crippen LogP contribution >= 0.6 is 27.5 Å². The summed E-state index contributed by atoms with van der Waals surface area (Å²) in [6.07, 6.45) is 3.64. The van der Waals surface area contributed by atoms with Gasteiger partial charge in [0.2, 0.25) is 10.0 Å². The molecule has 0 spiro atoms. The highest BCUT2D eigenvalue weighted by Gasteiger charge is 2.27. The second-order valence-corrected chi connectivity index (χ2v) is 8.03. The lowest BCUT2D eigenvalue weighted by molar-refractivity contribution is 0.0695. The van der Waals surface area contributed by atoms with Gasteiger partial charge in [0, 0.05) is 13.1 Å². The normalized spacial score (nSPS) is 17.4. The highest BCUT2D eigenvalue weighted by atomic mass is 79.9. The number of halogens is 2. The predicted octanol–water partition coefficient (Wildman–Crippen LogP) is 3.37. The van der Waals surface area contributed by atoms with E-state index in [-0.39, 0.29) is 20.0 Å². The third-order valence-electron chi connectivity index (χ3n) is 3.43. The van der Waals surface area contributed by atoms with Crippen LogP contribution in [0.3, 0.4) is 0 Å². The van der Waals surface area contributed by atoms with E-state index >= 15 is 0 Å². The van der Waals surface area contributed by atoms with Crippen LogP contribution in [0.2, 0.25) is 5.02 Å². The summed E-state index contributed by atoms with van der Waals surface area (Å²) in [4.78, 5) is 11.1. The first-order valence-corrected chi connectivity index (χ1v) is 9.17. The lowest BCUT2D eigenvalue weighted by Crippen LogP contribution is -2.32. The van der Waals surface area contributed by atoms with Crippen molar-refractivity contribution in [3.63, 3.8) is 0 Å². The van der Waals surface area contributed by atoms with E-state index in [1.165, 1.54) is 10.4 Å². The van der Waals surface area contributed by atoms with Gasteiger partial charge in [-0.15, -0.1) is 0 Å². The van der Waals surface area contributed by atoms with E-state index < -0.39 is 16.0 Å². The van der Waals surface area contributed by atoms with E-state index in [9.17, 15) is 13.2 Å². The maximum absolute atomic E-state index is 12.6. The van der Waals surface area contributed by atoms with Crippen LogP contribution in [0.4, 0.5) is 0 Å². The van der Waals surface area contributed by atoms with Crippen LogP contribution in [0, 0.1) is 0 Å². The van der Waals surface area contributed by atoms with Crippen molar-refractivity contribution in [2.75, 3.05) is 13.1 Å². The first-order chi connectivity index (χ1) is 9.84. The topological polar surface area (TPSA) is 74.7 Å². The van der Waals surface area contributed by atoms with Gasteiger partial charge in [-0.3, -0.25) is 0 Å². The molecule has 0 aliphatic carbocycles. The Kier molecular flexibility index (Phi) is 5.29. The number of sulfonamides is 1.